The van der Waals surface area contributed by atoms with Gasteiger partial charge in [0.05, 0.1) is 6.07 Å². The molecule has 1 fully saturated rings. The third-order valence-electron chi connectivity index (χ3n) is 1.95. The first-order chi connectivity index (χ1) is 4.83. The fourth-order valence-corrected chi connectivity index (χ4v) is 2.32. The Kier molecular flexibility index (Phi) is 2.62. The molecule has 0 heterocycles. The summed E-state index contributed by atoms with van der Waals surface area (Å²) in [5.41, 5.74) is 0. The molecule has 1 rings (SSSR count). The molecular formula is C8H13NS. The van der Waals surface area contributed by atoms with Crippen molar-refractivity contribution in [3.05, 3.63) is 0 Å². The molecule has 1 saturated carbocycles. The second-order valence-corrected chi connectivity index (χ2v) is 4.29. The lowest BCUT2D eigenvalue weighted by molar-refractivity contribution is 0.440. The van der Waals surface area contributed by atoms with Gasteiger partial charge in [0.25, 0.3) is 0 Å². The summed E-state index contributed by atoms with van der Waals surface area (Å²) in [6, 6.07) is 2.41. The van der Waals surface area contributed by atoms with Crippen LogP contribution < -0.4 is 0 Å². The van der Waals surface area contributed by atoms with Gasteiger partial charge in [-0.25, -0.2) is 0 Å². The Balaban J connectivity index is 2.29. The van der Waals surface area contributed by atoms with Crippen LogP contribution >= 0.6 is 11.8 Å². The highest BCUT2D eigenvalue weighted by Gasteiger charge is 2.36. The predicted octanol–water partition coefficient (Wildman–Crippen LogP) is 2.58. The molecule has 0 aromatic rings. The van der Waals surface area contributed by atoms with E-state index in [0.29, 0.717) is 0 Å². The maximum atomic E-state index is 8.79. The van der Waals surface area contributed by atoms with Crippen molar-refractivity contribution in [1.29, 1.82) is 5.26 Å². The lowest BCUT2D eigenvalue weighted by Gasteiger charge is -2.34. The first-order valence-electron chi connectivity index (χ1n) is 3.88. The Morgan fingerprint density at radius 1 is 1.60 bits per heavy atom. The first-order valence-corrected chi connectivity index (χ1v) is 4.87. The van der Waals surface area contributed by atoms with Crippen LogP contribution in [-0.2, 0) is 0 Å². The maximum absolute atomic E-state index is 8.79. The molecule has 0 atom stereocenters. The van der Waals surface area contributed by atoms with Crippen molar-refractivity contribution in [2.75, 3.05) is 5.75 Å². The molecule has 0 aromatic heterocycles. The molecule has 0 spiro atoms. The van der Waals surface area contributed by atoms with E-state index < -0.39 is 0 Å². The Hall–Kier alpha value is -0.160. The summed E-state index contributed by atoms with van der Waals surface area (Å²) in [6.45, 7) is 2.16. The van der Waals surface area contributed by atoms with E-state index in [4.69, 9.17) is 5.26 Å². The highest BCUT2D eigenvalue weighted by Crippen LogP contribution is 2.43. The minimum atomic E-state index is 0.0377. The highest BCUT2D eigenvalue weighted by atomic mass is 32.2. The van der Waals surface area contributed by atoms with Crippen LogP contribution in [0.3, 0.4) is 0 Å². The van der Waals surface area contributed by atoms with Crippen LogP contribution in [0.4, 0.5) is 0 Å². The summed E-state index contributed by atoms with van der Waals surface area (Å²) in [6.07, 6.45) is 4.68. The molecule has 0 saturated heterocycles. The average Bonchev–Trinajstić information content (AvgIpc) is 1.87. The number of thioether (sulfide) groups is 1. The van der Waals surface area contributed by atoms with Gasteiger partial charge in [0.2, 0.25) is 0 Å². The van der Waals surface area contributed by atoms with Crippen molar-refractivity contribution in [2.45, 2.75) is 37.4 Å². The fraction of sp³-hybridized carbons (Fsp3) is 0.875. The minimum Gasteiger partial charge on any atom is -0.197 e. The summed E-state index contributed by atoms with van der Waals surface area (Å²) >= 11 is 1.85. The highest BCUT2D eigenvalue weighted by molar-refractivity contribution is 8.00. The van der Waals surface area contributed by atoms with Crippen molar-refractivity contribution >= 4 is 11.8 Å². The molecule has 56 valence electrons. The van der Waals surface area contributed by atoms with Gasteiger partial charge in [-0.3, -0.25) is 0 Å². The van der Waals surface area contributed by atoms with Crippen LogP contribution in [0.5, 0.6) is 0 Å². The summed E-state index contributed by atoms with van der Waals surface area (Å²) in [5, 5.41) is 8.79. The zero-order valence-electron chi connectivity index (χ0n) is 6.39. The minimum absolute atomic E-state index is 0.0377. The van der Waals surface area contributed by atoms with Gasteiger partial charge in [-0.05, 0) is 31.4 Å². The van der Waals surface area contributed by atoms with Gasteiger partial charge in [-0.15, -0.1) is 11.8 Å². The quantitative estimate of drug-likeness (QED) is 0.625. The van der Waals surface area contributed by atoms with Gasteiger partial charge >= 0.3 is 0 Å². The van der Waals surface area contributed by atoms with Gasteiger partial charge < -0.3 is 0 Å². The zero-order chi connectivity index (χ0) is 7.45. The second kappa shape index (κ2) is 3.30. The van der Waals surface area contributed by atoms with Gasteiger partial charge in [-0.2, -0.15) is 5.26 Å². The number of nitrogens with zero attached hydrogens (tertiary/aromatic N) is 1. The Morgan fingerprint density at radius 3 is 2.60 bits per heavy atom. The van der Waals surface area contributed by atoms with Gasteiger partial charge in [0.15, 0.2) is 0 Å². The smallest absolute Gasteiger partial charge is 0.102 e. The molecule has 0 aliphatic heterocycles. The number of hydrogen-bond donors (Lipinski definition) is 0. The molecular weight excluding hydrogens is 142 g/mol. The monoisotopic (exact) mass is 155 g/mol. The molecule has 0 aromatic carbocycles. The second-order valence-electron chi connectivity index (χ2n) is 2.81. The summed E-state index contributed by atoms with van der Waals surface area (Å²) < 4.78 is 0.0377. The van der Waals surface area contributed by atoms with E-state index in [2.05, 4.69) is 13.0 Å². The van der Waals surface area contributed by atoms with Crippen molar-refractivity contribution in [1.82, 2.24) is 0 Å². The predicted molar refractivity (Wildman–Crippen MR) is 44.9 cm³/mol. The number of rotatable bonds is 3. The van der Waals surface area contributed by atoms with Gasteiger partial charge in [0.1, 0.15) is 4.75 Å². The standard InChI is InChI=1S/C8H13NS/c1-2-6-10-8(7-9)4-3-5-8/h2-6H2,1H3. The molecule has 0 unspecified atom stereocenters. The molecule has 0 amide bonds. The Morgan fingerprint density at radius 2 is 2.30 bits per heavy atom. The normalized spacial score (nSPS) is 21.2. The van der Waals surface area contributed by atoms with Crippen molar-refractivity contribution in [3.63, 3.8) is 0 Å². The summed E-state index contributed by atoms with van der Waals surface area (Å²) in [5.74, 6) is 1.15. The molecule has 1 aliphatic carbocycles. The van der Waals surface area contributed by atoms with Crippen LogP contribution in [0, 0.1) is 11.3 Å². The summed E-state index contributed by atoms with van der Waals surface area (Å²) in [7, 11) is 0. The lowest BCUT2D eigenvalue weighted by atomic mass is 9.86. The Bertz CT molecular complexity index is 144. The van der Waals surface area contributed by atoms with Crippen molar-refractivity contribution in [2.24, 2.45) is 0 Å². The molecule has 10 heavy (non-hydrogen) atoms. The van der Waals surface area contributed by atoms with Crippen molar-refractivity contribution < 1.29 is 0 Å². The first kappa shape index (κ1) is 7.94. The van der Waals surface area contributed by atoms with E-state index in [1.165, 1.54) is 12.8 Å². The van der Waals surface area contributed by atoms with E-state index >= 15 is 0 Å². The maximum Gasteiger partial charge on any atom is 0.102 e. The molecule has 0 N–H and O–H groups in total. The summed E-state index contributed by atoms with van der Waals surface area (Å²) in [4.78, 5) is 0. The van der Waals surface area contributed by atoms with E-state index in [-0.39, 0.29) is 4.75 Å². The SMILES string of the molecule is CCCSC1(C#N)CCC1. The van der Waals surface area contributed by atoms with E-state index in [0.717, 1.165) is 18.6 Å². The van der Waals surface area contributed by atoms with Crippen molar-refractivity contribution in [3.8, 4) is 6.07 Å². The third kappa shape index (κ3) is 1.46. The largest absolute Gasteiger partial charge is 0.197 e. The van der Waals surface area contributed by atoms with Crippen LogP contribution in [0.25, 0.3) is 0 Å². The lowest BCUT2D eigenvalue weighted by Crippen LogP contribution is -2.31. The molecule has 2 heteroatoms. The van der Waals surface area contributed by atoms with E-state index in [9.17, 15) is 0 Å². The number of nitriles is 1. The van der Waals surface area contributed by atoms with Crippen LogP contribution in [0.1, 0.15) is 32.6 Å². The molecule has 1 aliphatic rings. The molecule has 0 radical (unpaired) electrons. The van der Waals surface area contributed by atoms with E-state index in [1.807, 2.05) is 11.8 Å². The third-order valence-corrected chi connectivity index (χ3v) is 3.61. The molecule has 0 bridgehead atoms. The number of hydrogen-bond acceptors (Lipinski definition) is 2. The average molecular weight is 155 g/mol. The fourth-order valence-electron chi connectivity index (χ4n) is 1.08. The zero-order valence-corrected chi connectivity index (χ0v) is 7.21. The van der Waals surface area contributed by atoms with Crippen LogP contribution in [0.15, 0.2) is 0 Å². The van der Waals surface area contributed by atoms with Crippen LogP contribution in [-0.4, -0.2) is 10.5 Å². The van der Waals surface area contributed by atoms with E-state index in [1.54, 1.807) is 0 Å². The van der Waals surface area contributed by atoms with Gasteiger partial charge in [-0.1, -0.05) is 6.92 Å². The van der Waals surface area contributed by atoms with Gasteiger partial charge in [0, 0.05) is 0 Å². The molecule has 1 nitrogen and oxygen atoms in total. The Labute approximate surface area is 66.8 Å². The topological polar surface area (TPSA) is 23.8 Å². The van der Waals surface area contributed by atoms with Crippen LogP contribution in [0.2, 0.25) is 0 Å².